The standard InChI is InChI=1S/C13H21NO2/c1-11(15)8-9-14-10-13(2,16)12-6-4-3-5-7-12/h3-7,11,14-16H,8-10H2,1-2H3. The van der Waals surface area contributed by atoms with Crippen LogP contribution in [0.3, 0.4) is 0 Å². The van der Waals surface area contributed by atoms with Crippen molar-refractivity contribution in [3.05, 3.63) is 35.9 Å². The molecule has 2 atom stereocenters. The highest BCUT2D eigenvalue weighted by atomic mass is 16.3. The van der Waals surface area contributed by atoms with Crippen molar-refractivity contribution < 1.29 is 10.2 Å². The zero-order valence-electron chi connectivity index (χ0n) is 9.98. The van der Waals surface area contributed by atoms with Crippen molar-refractivity contribution in [2.45, 2.75) is 32.0 Å². The van der Waals surface area contributed by atoms with Crippen LogP contribution in [0, 0.1) is 0 Å². The van der Waals surface area contributed by atoms with Crippen molar-refractivity contribution in [2.24, 2.45) is 0 Å². The van der Waals surface area contributed by atoms with Gasteiger partial charge < -0.3 is 15.5 Å². The van der Waals surface area contributed by atoms with Crippen LogP contribution in [0.5, 0.6) is 0 Å². The van der Waals surface area contributed by atoms with E-state index in [9.17, 15) is 5.11 Å². The molecule has 1 aromatic carbocycles. The summed E-state index contributed by atoms with van der Waals surface area (Å²) in [5.74, 6) is 0. The third kappa shape index (κ3) is 4.31. The monoisotopic (exact) mass is 223 g/mol. The zero-order valence-corrected chi connectivity index (χ0v) is 9.98. The van der Waals surface area contributed by atoms with E-state index in [-0.39, 0.29) is 6.10 Å². The molecule has 0 spiro atoms. The number of hydrogen-bond donors (Lipinski definition) is 3. The fraction of sp³-hybridized carbons (Fsp3) is 0.538. The zero-order chi connectivity index (χ0) is 12.0. The predicted octanol–water partition coefficient (Wildman–Crippen LogP) is 1.25. The summed E-state index contributed by atoms with van der Waals surface area (Å²) in [4.78, 5) is 0. The average Bonchev–Trinajstić information content (AvgIpc) is 2.26. The van der Waals surface area contributed by atoms with Crippen molar-refractivity contribution in [1.29, 1.82) is 0 Å². The van der Waals surface area contributed by atoms with Crippen LogP contribution in [-0.4, -0.2) is 29.4 Å². The Morgan fingerprint density at radius 1 is 1.31 bits per heavy atom. The quantitative estimate of drug-likeness (QED) is 0.636. The van der Waals surface area contributed by atoms with Crippen LogP contribution in [0.4, 0.5) is 0 Å². The van der Waals surface area contributed by atoms with Gasteiger partial charge in [-0.3, -0.25) is 0 Å². The van der Waals surface area contributed by atoms with Gasteiger partial charge in [0.1, 0.15) is 0 Å². The van der Waals surface area contributed by atoms with E-state index in [2.05, 4.69) is 5.32 Å². The van der Waals surface area contributed by atoms with E-state index in [1.54, 1.807) is 13.8 Å². The van der Waals surface area contributed by atoms with Gasteiger partial charge in [0.2, 0.25) is 0 Å². The summed E-state index contributed by atoms with van der Waals surface area (Å²) in [5.41, 5.74) is 0.0412. The number of hydrogen-bond acceptors (Lipinski definition) is 3. The summed E-state index contributed by atoms with van der Waals surface area (Å²) in [5, 5.41) is 22.5. The molecule has 0 saturated carbocycles. The molecule has 0 fully saturated rings. The molecule has 0 aliphatic heterocycles. The van der Waals surface area contributed by atoms with Gasteiger partial charge in [-0.1, -0.05) is 30.3 Å². The van der Waals surface area contributed by atoms with E-state index in [0.29, 0.717) is 19.5 Å². The Balaban J connectivity index is 2.40. The van der Waals surface area contributed by atoms with Gasteiger partial charge in [-0.25, -0.2) is 0 Å². The molecule has 16 heavy (non-hydrogen) atoms. The van der Waals surface area contributed by atoms with E-state index in [1.807, 2.05) is 30.3 Å². The van der Waals surface area contributed by atoms with Crippen LogP contribution < -0.4 is 5.32 Å². The molecule has 0 radical (unpaired) electrons. The van der Waals surface area contributed by atoms with Crippen molar-refractivity contribution in [1.82, 2.24) is 5.32 Å². The van der Waals surface area contributed by atoms with Gasteiger partial charge in [0.05, 0.1) is 11.7 Å². The lowest BCUT2D eigenvalue weighted by Gasteiger charge is -2.24. The minimum absolute atomic E-state index is 0.297. The molecule has 1 rings (SSSR count). The SMILES string of the molecule is CC(O)CCNCC(C)(O)c1ccccc1. The van der Waals surface area contributed by atoms with Crippen molar-refractivity contribution in [3.63, 3.8) is 0 Å². The van der Waals surface area contributed by atoms with Crippen LogP contribution in [-0.2, 0) is 5.60 Å². The summed E-state index contributed by atoms with van der Waals surface area (Å²) in [6.07, 6.45) is 0.402. The molecule has 90 valence electrons. The Bertz CT molecular complexity index is 296. The first-order chi connectivity index (χ1) is 7.52. The molecule has 0 heterocycles. The smallest absolute Gasteiger partial charge is 0.0992 e. The Morgan fingerprint density at radius 2 is 1.94 bits per heavy atom. The van der Waals surface area contributed by atoms with E-state index in [1.165, 1.54) is 0 Å². The summed E-state index contributed by atoms with van der Waals surface area (Å²) in [6.45, 7) is 4.75. The second kappa shape index (κ2) is 5.99. The van der Waals surface area contributed by atoms with E-state index in [4.69, 9.17) is 5.11 Å². The van der Waals surface area contributed by atoms with Crippen LogP contribution in [0.1, 0.15) is 25.8 Å². The highest BCUT2D eigenvalue weighted by Crippen LogP contribution is 2.18. The van der Waals surface area contributed by atoms with Crippen LogP contribution in [0.2, 0.25) is 0 Å². The summed E-state index contributed by atoms with van der Waals surface area (Å²) < 4.78 is 0. The molecule has 0 aliphatic rings. The Hall–Kier alpha value is -0.900. The van der Waals surface area contributed by atoms with Crippen molar-refractivity contribution in [2.75, 3.05) is 13.1 Å². The molecule has 3 nitrogen and oxygen atoms in total. The molecule has 2 unspecified atom stereocenters. The molecule has 3 heteroatoms. The highest BCUT2D eigenvalue weighted by Gasteiger charge is 2.21. The van der Waals surface area contributed by atoms with Crippen molar-refractivity contribution in [3.8, 4) is 0 Å². The summed E-state index contributed by atoms with van der Waals surface area (Å²) >= 11 is 0. The van der Waals surface area contributed by atoms with Gasteiger partial charge in [-0.05, 0) is 32.4 Å². The summed E-state index contributed by atoms with van der Waals surface area (Å²) in [7, 11) is 0. The fourth-order valence-corrected chi connectivity index (χ4v) is 1.54. The second-order valence-electron chi connectivity index (χ2n) is 4.45. The molecule has 1 aromatic rings. The first kappa shape index (κ1) is 13.2. The fourth-order valence-electron chi connectivity index (χ4n) is 1.54. The molecule has 0 aromatic heterocycles. The Labute approximate surface area is 97.1 Å². The van der Waals surface area contributed by atoms with Gasteiger partial charge in [0, 0.05) is 6.54 Å². The minimum Gasteiger partial charge on any atom is -0.393 e. The first-order valence-corrected chi connectivity index (χ1v) is 5.69. The number of aliphatic hydroxyl groups excluding tert-OH is 1. The maximum absolute atomic E-state index is 10.2. The number of aliphatic hydroxyl groups is 2. The van der Waals surface area contributed by atoms with E-state index in [0.717, 1.165) is 5.56 Å². The lowest BCUT2D eigenvalue weighted by atomic mass is 9.96. The molecule has 0 saturated heterocycles. The average molecular weight is 223 g/mol. The molecule has 0 aliphatic carbocycles. The molecular weight excluding hydrogens is 202 g/mol. The number of rotatable bonds is 6. The van der Waals surface area contributed by atoms with Crippen molar-refractivity contribution >= 4 is 0 Å². The van der Waals surface area contributed by atoms with Crippen LogP contribution in [0.25, 0.3) is 0 Å². The third-order valence-corrected chi connectivity index (χ3v) is 2.60. The summed E-state index contributed by atoms with van der Waals surface area (Å²) in [6, 6.07) is 9.59. The predicted molar refractivity (Wildman–Crippen MR) is 65.2 cm³/mol. The lowest BCUT2D eigenvalue weighted by Crippen LogP contribution is -2.36. The lowest BCUT2D eigenvalue weighted by molar-refractivity contribution is 0.0559. The van der Waals surface area contributed by atoms with Gasteiger partial charge in [-0.2, -0.15) is 0 Å². The topological polar surface area (TPSA) is 52.5 Å². The normalized spacial score (nSPS) is 16.8. The van der Waals surface area contributed by atoms with Gasteiger partial charge >= 0.3 is 0 Å². The molecule has 3 N–H and O–H groups in total. The third-order valence-electron chi connectivity index (χ3n) is 2.60. The highest BCUT2D eigenvalue weighted by molar-refractivity contribution is 5.21. The van der Waals surface area contributed by atoms with Gasteiger partial charge in [0.25, 0.3) is 0 Å². The molecule has 0 amide bonds. The number of benzene rings is 1. The van der Waals surface area contributed by atoms with E-state index < -0.39 is 5.60 Å². The molecular formula is C13H21NO2. The first-order valence-electron chi connectivity index (χ1n) is 5.69. The van der Waals surface area contributed by atoms with Crippen LogP contribution in [0.15, 0.2) is 30.3 Å². The van der Waals surface area contributed by atoms with Gasteiger partial charge in [-0.15, -0.1) is 0 Å². The maximum Gasteiger partial charge on any atom is 0.0992 e. The largest absolute Gasteiger partial charge is 0.393 e. The second-order valence-corrected chi connectivity index (χ2v) is 4.45. The Kier molecular flexibility index (Phi) is 4.93. The molecule has 0 bridgehead atoms. The Morgan fingerprint density at radius 3 is 2.50 bits per heavy atom. The number of nitrogens with one attached hydrogen (secondary N) is 1. The van der Waals surface area contributed by atoms with Gasteiger partial charge in [0.15, 0.2) is 0 Å². The minimum atomic E-state index is -0.861. The maximum atomic E-state index is 10.2. The van der Waals surface area contributed by atoms with Crippen LogP contribution >= 0.6 is 0 Å². The van der Waals surface area contributed by atoms with E-state index >= 15 is 0 Å².